The van der Waals surface area contributed by atoms with Crippen LogP contribution in [0.2, 0.25) is 0 Å². The minimum Gasteiger partial charge on any atom is -0.479 e. The molecule has 4 rings (SSSR count). The number of nitrogens with one attached hydrogen (secondary N) is 2. The fraction of sp³-hybridized carbons (Fsp3) is 0.414. The number of carbonyl (C=O) groups is 3. The van der Waals surface area contributed by atoms with Gasteiger partial charge in [-0.05, 0) is 42.0 Å². The maximum absolute atomic E-state index is 14.2. The lowest BCUT2D eigenvalue weighted by atomic mass is 9.79. The van der Waals surface area contributed by atoms with Gasteiger partial charge in [-0.2, -0.15) is 13.2 Å². The first-order chi connectivity index (χ1) is 18.8. The number of aromatic amines is 1. The van der Waals surface area contributed by atoms with Crippen LogP contribution in [0.15, 0.2) is 42.5 Å². The van der Waals surface area contributed by atoms with Gasteiger partial charge in [0.05, 0.1) is 17.5 Å². The van der Waals surface area contributed by atoms with Gasteiger partial charge in [0.2, 0.25) is 11.8 Å². The van der Waals surface area contributed by atoms with Crippen LogP contribution in [-0.2, 0) is 39.8 Å². The number of hydrogen-bond acceptors (Lipinski definition) is 3. The van der Waals surface area contributed by atoms with Crippen LogP contribution >= 0.6 is 0 Å². The average Bonchev–Trinajstić information content (AvgIpc) is 3.26. The van der Waals surface area contributed by atoms with E-state index in [4.69, 9.17) is 0 Å². The number of aliphatic carboxylic acids is 1. The summed E-state index contributed by atoms with van der Waals surface area (Å²) < 4.78 is 55.0. The highest BCUT2D eigenvalue weighted by molar-refractivity contribution is 5.95. The maximum Gasteiger partial charge on any atom is 0.418 e. The minimum atomic E-state index is -4.60. The molecule has 0 radical (unpaired) electrons. The first-order valence-corrected chi connectivity index (χ1v) is 13.0. The zero-order valence-corrected chi connectivity index (χ0v) is 22.4. The molecule has 0 fully saturated rings. The number of rotatable bonds is 8. The van der Waals surface area contributed by atoms with Crippen LogP contribution in [0.1, 0.15) is 49.1 Å². The monoisotopic (exact) mass is 561 g/mol. The van der Waals surface area contributed by atoms with Gasteiger partial charge in [-0.25, -0.2) is 9.18 Å². The fourth-order valence-electron chi connectivity index (χ4n) is 5.48. The van der Waals surface area contributed by atoms with Gasteiger partial charge in [-0.1, -0.05) is 50.6 Å². The molecule has 1 heterocycles. The van der Waals surface area contributed by atoms with E-state index in [0.29, 0.717) is 17.7 Å². The van der Waals surface area contributed by atoms with Gasteiger partial charge >= 0.3 is 12.1 Å². The van der Waals surface area contributed by atoms with Crippen molar-refractivity contribution in [3.05, 3.63) is 70.7 Å². The Balaban J connectivity index is 1.64. The Morgan fingerprint density at radius 3 is 2.48 bits per heavy atom. The highest BCUT2D eigenvalue weighted by Gasteiger charge is 2.47. The van der Waals surface area contributed by atoms with E-state index in [0.717, 1.165) is 6.07 Å². The predicted octanol–water partition coefficient (Wildman–Crippen LogP) is 4.87. The van der Waals surface area contributed by atoms with Crippen LogP contribution in [0.25, 0.3) is 10.9 Å². The van der Waals surface area contributed by atoms with Crippen LogP contribution in [0.5, 0.6) is 0 Å². The lowest BCUT2D eigenvalue weighted by Crippen LogP contribution is -2.62. The van der Waals surface area contributed by atoms with Crippen molar-refractivity contribution in [2.45, 2.75) is 63.7 Å². The Labute approximate surface area is 228 Å². The summed E-state index contributed by atoms with van der Waals surface area (Å²) in [5.74, 6) is -3.46. The molecule has 40 heavy (non-hydrogen) atoms. The van der Waals surface area contributed by atoms with Crippen molar-refractivity contribution in [3.63, 3.8) is 0 Å². The Morgan fingerprint density at radius 2 is 1.85 bits per heavy atom. The molecule has 1 aliphatic carbocycles. The van der Waals surface area contributed by atoms with E-state index in [1.807, 2.05) is 6.92 Å². The molecular weight excluding hydrogens is 530 g/mol. The van der Waals surface area contributed by atoms with E-state index < -0.39 is 46.9 Å². The standard InChI is InChI=1S/C29H31F4N3O4/c1-4-16(2)25(36(3)23(37)14-17-8-5-6-11-21(17)30)26(38)35-28(27(39)40)13-12-22-19(15-28)18-9-7-10-20(24(18)34-22)29(31,32)33/h5-11,16,25,34H,4,12-15H2,1-3H3,(H,35,38)(H,39,40)/t16?,25?,28-/m1/s1. The second kappa shape index (κ2) is 10.9. The number of carboxylic acid groups (broad SMARTS) is 1. The molecule has 0 bridgehead atoms. The number of halogens is 4. The second-order valence-electron chi connectivity index (χ2n) is 10.5. The summed E-state index contributed by atoms with van der Waals surface area (Å²) in [6.07, 6.45) is -4.59. The summed E-state index contributed by atoms with van der Waals surface area (Å²) in [6.45, 7) is 3.58. The Kier molecular flexibility index (Phi) is 7.96. The molecule has 11 heteroatoms. The molecule has 2 aromatic carbocycles. The molecule has 0 saturated heterocycles. The molecule has 3 aromatic rings. The van der Waals surface area contributed by atoms with Gasteiger partial charge in [-0.3, -0.25) is 9.59 Å². The number of amides is 2. The van der Waals surface area contributed by atoms with Crippen molar-refractivity contribution in [3.8, 4) is 0 Å². The van der Waals surface area contributed by atoms with E-state index in [2.05, 4.69) is 10.3 Å². The molecular formula is C29H31F4N3O4. The third-order valence-corrected chi connectivity index (χ3v) is 7.95. The molecule has 1 aromatic heterocycles. The van der Waals surface area contributed by atoms with Gasteiger partial charge in [0.25, 0.3) is 0 Å². The maximum atomic E-state index is 14.2. The number of carboxylic acids is 1. The van der Waals surface area contributed by atoms with Gasteiger partial charge in [-0.15, -0.1) is 0 Å². The highest BCUT2D eigenvalue weighted by atomic mass is 19.4. The second-order valence-corrected chi connectivity index (χ2v) is 10.5. The number of likely N-dealkylation sites (N-methyl/N-ethyl adjacent to an activating group) is 1. The minimum absolute atomic E-state index is 0.0602. The van der Waals surface area contributed by atoms with Crippen molar-refractivity contribution in [2.75, 3.05) is 7.05 Å². The Hall–Kier alpha value is -3.89. The summed E-state index contributed by atoms with van der Waals surface area (Å²) in [5, 5.41) is 13.2. The van der Waals surface area contributed by atoms with E-state index in [-0.39, 0.29) is 48.1 Å². The van der Waals surface area contributed by atoms with Crippen molar-refractivity contribution in [1.82, 2.24) is 15.2 Å². The predicted molar refractivity (Wildman–Crippen MR) is 140 cm³/mol. The van der Waals surface area contributed by atoms with E-state index in [9.17, 15) is 37.1 Å². The number of benzene rings is 2. The molecule has 3 N–H and O–H groups in total. The van der Waals surface area contributed by atoms with Gasteiger partial charge in [0, 0.05) is 24.5 Å². The van der Waals surface area contributed by atoms with Crippen LogP contribution in [-0.4, -0.2) is 51.4 Å². The molecule has 2 amide bonds. The van der Waals surface area contributed by atoms with Gasteiger partial charge in [0.1, 0.15) is 17.4 Å². The topological polar surface area (TPSA) is 102 Å². The lowest BCUT2D eigenvalue weighted by molar-refractivity contribution is -0.150. The molecule has 3 atom stereocenters. The molecule has 0 saturated carbocycles. The van der Waals surface area contributed by atoms with E-state index in [1.165, 1.54) is 42.3 Å². The van der Waals surface area contributed by atoms with Crippen LogP contribution in [0, 0.1) is 11.7 Å². The average molecular weight is 562 g/mol. The SMILES string of the molecule is CCC(C)C(C(=O)N[C@]1(C(=O)O)CCc2[nH]c3c(C(F)(F)F)cccc3c2C1)N(C)C(=O)Cc1ccccc1F. The normalized spacial score (nSPS) is 18.6. The number of H-pyrrole nitrogens is 1. The summed E-state index contributed by atoms with van der Waals surface area (Å²) >= 11 is 0. The number of nitrogens with zero attached hydrogens (tertiary/aromatic N) is 1. The van der Waals surface area contributed by atoms with E-state index >= 15 is 0 Å². The molecule has 1 aliphatic rings. The summed E-state index contributed by atoms with van der Waals surface area (Å²) in [6, 6.07) is 8.48. The molecule has 214 valence electrons. The van der Waals surface area contributed by atoms with Gasteiger partial charge < -0.3 is 20.3 Å². The third-order valence-electron chi connectivity index (χ3n) is 7.95. The number of aromatic nitrogens is 1. The molecule has 7 nitrogen and oxygen atoms in total. The number of para-hydroxylation sites is 1. The molecule has 0 spiro atoms. The smallest absolute Gasteiger partial charge is 0.418 e. The summed E-state index contributed by atoms with van der Waals surface area (Å²) in [5.41, 5.74) is -1.71. The largest absolute Gasteiger partial charge is 0.479 e. The van der Waals surface area contributed by atoms with E-state index in [1.54, 1.807) is 13.0 Å². The van der Waals surface area contributed by atoms with Crippen molar-refractivity contribution in [2.24, 2.45) is 5.92 Å². The molecule has 0 aliphatic heterocycles. The Morgan fingerprint density at radius 1 is 1.15 bits per heavy atom. The zero-order chi connectivity index (χ0) is 29.4. The summed E-state index contributed by atoms with van der Waals surface area (Å²) in [7, 11) is 1.42. The Bertz CT molecular complexity index is 1450. The highest BCUT2D eigenvalue weighted by Crippen LogP contribution is 2.40. The fourth-order valence-corrected chi connectivity index (χ4v) is 5.48. The van der Waals surface area contributed by atoms with Crippen LogP contribution in [0.4, 0.5) is 17.6 Å². The number of alkyl halides is 3. The van der Waals surface area contributed by atoms with Crippen molar-refractivity contribution < 1.29 is 37.1 Å². The number of carbonyl (C=O) groups excluding carboxylic acids is 2. The quantitative estimate of drug-likeness (QED) is 0.342. The first-order valence-electron chi connectivity index (χ1n) is 13.0. The van der Waals surface area contributed by atoms with Crippen LogP contribution in [0.3, 0.4) is 0 Å². The number of fused-ring (bicyclic) bond motifs is 3. The first kappa shape index (κ1) is 29.1. The van der Waals surface area contributed by atoms with Crippen LogP contribution < -0.4 is 5.32 Å². The van der Waals surface area contributed by atoms with Crippen molar-refractivity contribution >= 4 is 28.7 Å². The summed E-state index contributed by atoms with van der Waals surface area (Å²) in [4.78, 5) is 43.4. The molecule has 2 unspecified atom stereocenters. The third kappa shape index (κ3) is 5.41. The van der Waals surface area contributed by atoms with Gasteiger partial charge in [0.15, 0.2) is 0 Å². The zero-order valence-electron chi connectivity index (χ0n) is 22.4. The lowest BCUT2D eigenvalue weighted by Gasteiger charge is -2.38. The number of aryl methyl sites for hydroxylation is 1. The van der Waals surface area contributed by atoms with Crippen molar-refractivity contribution in [1.29, 1.82) is 0 Å². The number of hydrogen-bond donors (Lipinski definition) is 3.